The van der Waals surface area contributed by atoms with Crippen LogP contribution in [0.25, 0.3) is 0 Å². The van der Waals surface area contributed by atoms with Crippen LogP contribution in [0.4, 0.5) is 0 Å². The number of ketones is 1. The van der Waals surface area contributed by atoms with E-state index in [9.17, 15) is 14.4 Å². The Labute approximate surface area is 161 Å². The lowest BCUT2D eigenvalue weighted by atomic mass is 10.0. The second-order valence-electron chi connectivity index (χ2n) is 5.59. The molecule has 2 unspecified atom stereocenters. The van der Waals surface area contributed by atoms with Crippen LogP contribution >= 0.6 is 26.4 Å². The van der Waals surface area contributed by atoms with Crippen LogP contribution in [-0.4, -0.2) is 33.8 Å². The quantitative estimate of drug-likeness (QED) is 0.547. The zero-order valence-corrected chi connectivity index (χ0v) is 16.3. The molecule has 0 saturated heterocycles. The van der Waals surface area contributed by atoms with Crippen molar-refractivity contribution in [3.63, 3.8) is 0 Å². The molecule has 2 heterocycles. The van der Waals surface area contributed by atoms with Gasteiger partial charge in [-0.2, -0.15) is 0 Å². The fourth-order valence-corrected chi connectivity index (χ4v) is 4.98. The number of benzene rings is 1. The standard InChI is InChI=1S/C18H16BrN3O3S/c1-2-26-9-11(14-12(23)8-13(19)21-18(14)26)17(25)22-15(16(20)24)10-6-4-3-5-7-10/h3-9,15H,2H2,1H3,(H2,20,24)(H,22,25). The zero-order valence-electron chi connectivity index (χ0n) is 13.9. The SMILES string of the molecule is CCS1=CC(C(=O)NC(C(N)=O)c2ccccc2)=C2C(=O)C=C(Br)N=C21. The summed E-state index contributed by atoms with van der Waals surface area (Å²) in [5, 5.41) is 5.00. The Morgan fingerprint density at radius 3 is 2.62 bits per heavy atom. The van der Waals surface area contributed by atoms with Crippen LogP contribution < -0.4 is 11.1 Å². The van der Waals surface area contributed by atoms with Gasteiger partial charge in [0.15, 0.2) is 5.78 Å². The summed E-state index contributed by atoms with van der Waals surface area (Å²) in [7, 11) is -0.431. The summed E-state index contributed by atoms with van der Waals surface area (Å²) in [5.74, 6) is -0.732. The van der Waals surface area contributed by atoms with E-state index >= 15 is 0 Å². The van der Waals surface area contributed by atoms with E-state index in [1.807, 2.05) is 6.92 Å². The number of rotatable bonds is 5. The van der Waals surface area contributed by atoms with Crippen molar-refractivity contribution in [1.29, 1.82) is 0 Å². The lowest BCUT2D eigenvalue weighted by Gasteiger charge is -2.16. The molecule has 26 heavy (non-hydrogen) atoms. The number of carbonyl (C=O) groups is 3. The molecule has 0 fully saturated rings. The molecule has 3 N–H and O–H groups in total. The number of allylic oxidation sites excluding steroid dienone is 1. The Kier molecular flexibility index (Phi) is 5.33. The molecule has 6 nitrogen and oxygen atoms in total. The normalized spacial score (nSPS) is 19.9. The Hall–Kier alpha value is -2.32. The van der Waals surface area contributed by atoms with Gasteiger partial charge < -0.3 is 11.1 Å². The molecule has 0 spiro atoms. The highest BCUT2D eigenvalue weighted by molar-refractivity contribution is 9.11. The van der Waals surface area contributed by atoms with Gasteiger partial charge in [0.2, 0.25) is 5.91 Å². The number of fused-ring (bicyclic) bond motifs is 1. The Morgan fingerprint density at radius 1 is 1.31 bits per heavy atom. The van der Waals surface area contributed by atoms with E-state index in [2.05, 4.69) is 26.2 Å². The highest BCUT2D eigenvalue weighted by atomic mass is 79.9. The molecule has 8 heteroatoms. The molecule has 134 valence electrons. The van der Waals surface area contributed by atoms with Crippen molar-refractivity contribution in [2.75, 3.05) is 5.75 Å². The van der Waals surface area contributed by atoms with Gasteiger partial charge in [0.05, 0.1) is 11.1 Å². The van der Waals surface area contributed by atoms with Gasteiger partial charge in [0, 0.05) is 6.08 Å². The van der Waals surface area contributed by atoms with Crippen molar-refractivity contribution in [2.45, 2.75) is 13.0 Å². The number of nitrogens with two attached hydrogens (primary N) is 1. The molecular weight excluding hydrogens is 418 g/mol. The molecule has 1 aromatic carbocycles. The van der Waals surface area contributed by atoms with Gasteiger partial charge in [-0.15, -0.1) is 10.5 Å². The average Bonchev–Trinajstić information content (AvgIpc) is 2.99. The van der Waals surface area contributed by atoms with Crippen LogP contribution in [0.5, 0.6) is 0 Å². The molecule has 2 amide bonds. The maximum atomic E-state index is 12.8. The molecule has 2 atom stereocenters. The molecule has 2 aliphatic heterocycles. The zero-order chi connectivity index (χ0) is 18.8. The van der Waals surface area contributed by atoms with Gasteiger partial charge in [-0.25, -0.2) is 4.99 Å². The van der Waals surface area contributed by atoms with Crippen LogP contribution in [0.15, 0.2) is 57.2 Å². The van der Waals surface area contributed by atoms with Crippen molar-refractivity contribution in [2.24, 2.45) is 10.7 Å². The number of amides is 2. The monoisotopic (exact) mass is 433 g/mol. The molecule has 0 radical (unpaired) electrons. The largest absolute Gasteiger partial charge is 0.368 e. The van der Waals surface area contributed by atoms with Crippen molar-refractivity contribution >= 4 is 54.4 Å². The highest BCUT2D eigenvalue weighted by Crippen LogP contribution is 2.35. The van der Waals surface area contributed by atoms with Gasteiger partial charge in [0.25, 0.3) is 5.91 Å². The summed E-state index contributed by atoms with van der Waals surface area (Å²) in [5.41, 5.74) is 6.59. The smallest absolute Gasteiger partial charge is 0.253 e. The summed E-state index contributed by atoms with van der Waals surface area (Å²) < 4.78 is 0.446. The summed E-state index contributed by atoms with van der Waals surface area (Å²) in [6.45, 7) is 1.97. The van der Waals surface area contributed by atoms with Gasteiger partial charge in [-0.3, -0.25) is 14.4 Å². The van der Waals surface area contributed by atoms with E-state index in [0.717, 1.165) is 5.75 Å². The number of nitrogens with one attached hydrogen (secondary N) is 1. The summed E-state index contributed by atoms with van der Waals surface area (Å²) in [6, 6.07) is 7.76. The third kappa shape index (κ3) is 3.47. The Morgan fingerprint density at radius 2 is 2.00 bits per heavy atom. The predicted molar refractivity (Wildman–Crippen MR) is 107 cm³/mol. The minimum absolute atomic E-state index is 0.248. The number of nitrogens with zero attached hydrogens (tertiary/aromatic N) is 1. The highest BCUT2D eigenvalue weighted by Gasteiger charge is 2.33. The van der Waals surface area contributed by atoms with Gasteiger partial charge >= 0.3 is 0 Å². The molecule has 1 aromatic rings. The first-order valence-electron chi connectivity index (χ1n) is 7.87. The molecule has 0 bridgehead atoms. The summed E-state index contributed by atoms with van der Waals surface area (Å²) >= 11 is 3.23. The predicted octanol–water partition coefficient (Wildman–Crippen LogP) is 1.95. The Balaban J connectivity index is 1.96. The molecule has 0 aliphatic carbocycles. The molecule has 2 aliphatic rings. The number of aliphatic imine (C=N–C) groups is 1. The third-order valence-electron chi connectivity index (χ3n) is 3.95. The van der Waals surface area contributed by atoms with Crippen LogP contribution in [0.2, 0.25) is 0 Å². The number of hydrogen-bond donors (Lipinski definition) is 2. The lowest BCUT2D eigenvalue weighted by molar-refractivity contribution is -0.125. The van der Waals surface area contributed by atoms with Gasteiger partial charge in [0.1, 0.15) is 15.7 Å². The van der Waals surface area contributed by atoms with Crippen molar-refractivity contribution < 1.29 is 14.4 Å². The maximum Gasteiger partial charge on any atom is 0.253 e. The molecule has 0 aromatic heterocycles. The van der Waals surface area contributed by atoms with Crippen LogP contribution in [0.1, 0.15) is 18.5 Å². The van der Waals surface area contributed by atoms with Gasteiger partial charge in [-0.05, 0) is 32.6 Å². The Bertz CT molecular complexity index is 932. The van der Waals surface area contributed by atoms with E-state index in [0.29, 0.717) is 20.8 Å². The first-order valence-corrected chi connectivity index (χ1v) is 10.1. The second kappa shape index (κ2) is 7.51. The summed E-state index contributed by atoms with van der Waals surface area (Å²) in [4.78, 5) is 41.5. The van der Waals surface area contributed by atoms with E-state index in [1.165, 1.54) is 6.08 Å². The fraction of sp³-hybridized carbons (Fsp3) is 0.167. The number of halogens is 1. The van der Waals surface area contributed by atoms with Crippen LogP contribution in [-0.2, 0) is 14.4 Å². The van der Waals surface area contributed by atoms with E-state index in [4.69, 9.17) is 5.73 Å². The molecule has 3 rings (SSSR count). The lowest BCUT2D eigenvalue weighted by Crippen LogP contribution is -2.38. The van der Waals surface area contributed by atoms with Crippen LogP contribution in [0.3, 0.4) is 0 Å². The maximum absolute atomic E-state index is 12.8. The number of hydrogen-bond acceptors (Lipinski definition) is 4. The van der Waals surface area contributed by atoms with E-state index in [-0.39, 0.29) is 11.4 Å². The first-order chi connectivity index (χ1) is 12.4. The fourth-order valence-electron chi connectivity index (χ4n) is 2.73. The molecule has 0 saturated carbocycles. The topological polar surface area (TPSA) is 102 Å². The van der Waals surface area contributed by atoms with Crippen molar-refractivity contribution in [1.82, 2.24) is 5.32 Å². The number of carbonyl (C=O) groups excluding carboxylic acids is 3. The van der Waals surface area contributed by atoms with E-state index in [1.54, 1.807) is 35.7 Å². The van der Waals surface area contributed by atoms with E-state index < -0.39 is 28.3 Å². The minimum atomic E-state index is -0.976. The third-order valence-corrected chi connectivity index (χ3v) is 6.29. The van der Waals surface area contributed by atoms with Crippen molar-refractivity contribution in [3.8, 4) is 0 Å². The van der Waals surface area contributed by atoms with Gasteiger partial charge in [-0.1, -0.05) is 37.3 Å². The van der Waals surface area contributed by atoms with Crippen molar-refractivity contribution in [3.05, 3.63) is 57.7 Å². The minimum Gasteiger partial charge on any atom is -0.368 e. The second-order valence-corrected chi connectivity index (χ2v) is 8.46. The average molecular weight is 434 g/mol. The number of primary amides is 1. The molecular formula is C18H16BrN3O3S. The first kappa shape index (κ1) is 18.5. The summed E-state index contributed by atoms with van der Waals surface area (Å²) in [6.07, 6.45) is 1.34. The van der Waals surface area contributed by atoms with Crippen LogP contribution in [0, 0.1) is 0 Å².